The van der Waals surface area contributed by atoms with Crippen LogP contribution in [0.1, 0.15) is 28.6 Å². The van der Waals surface area contributed by atoms with E-state index in [0.717, 1.165) is 47.4 Å². The van der Waals surface area contributed by atoms with Crippen LogP contribution in [0.3, 0.4) is 0 Å². The number of hydrogen-bond donors (Lipinski definition) is 1. The summed E-state index contributed by atoms with van der Waals surface area (Å²) in [5.74, 6) is 0.365. The third-order valence-corrected chi connectivity index (χ3v) is 5.40. The molecule has 1 N–H and O–H groups in total. The molecule has 1 atom stereocenters. The van der Waals surface area contributed by atoms with E-state index in [1.165, 1.54) is 0 Å². The van der Waals surface area contributed by atoms with Crippen molar-refractivity contribution in [2.45, 2.75) is 19.1 Å². The number of phenolic OH excluding ortho intramolecular Hbond substituents is 1. The first-order chi connectivity index (χ1) is 12.1. The van der Waals surface area contributed by atoms with E-state index >= 15 is 0 Å². The second-order valence-electron chi connectivity index (χ2n) is 6.82. The molecule has 0 aliphatic carbocycles. The Balaban J connectivity index is 1.75. The maximum Gasteiger partial charge on any atom is 0.257 e. The zero-order valence-corrected chi connectivity index (χ0v) is 14.0. The molecule has 0 radical (unpaired) electrons. The average Bonchev–Trinajstić information content (AvgIpc) is 2.85. The predicted octanol–water partition coefficient (Wildman–Crippen LogP) is 3.34. The SMILES string of the molecule is CN1c2ccccc2C(=O)N2CCCn3c(cc4cc(O)ccc43)C21. The van der Waals surface area contributed by atoms with Crippen LogP contribution in [0.4, 0.5) is 5.69 Å². The van der Waals surface area contributed by atoms with Crippen LogP contribution in [-0.4, -0.2) is 34.1 Å². The lowest BCUT2D eigenvalue weighted by molar-refractivity contribution is 0.0658. The molecule has 0 spiro atoms. The highest BCUT2D eigenvalue weighted by Gasteiger charge is 2.39. The number of anilines is 1. The van der Waals surface area contributed by atoms with Crippen LogP contribution >= 0.6 is 0 Å². The van der Waals surface area contributed by atoms with Crippen LogP contribution in [-0.2, 0) is 6.54 Å². The Bertz CT molecular complexity index is 1010. The van der Waals surface area contributed by atoms with Crippen LogP contribution in [0.2, 0.25) is 0 Å². The van der Waals surface area contributed by atoms with Crippen LogP contribution < -0.4 is 4.90 Å². The summed E-state index contributed by atoms with van der Waals surface area (Å²) >= 11 is 0. The fourth-order valence-corrected chi connectivity index (χ4v) is 4.29. The van der Waals surface area contributed by atoms with Crippen molar-refractivity contribution in [3.8, 4) is 5.75 Å². The van der Waals surface area contributed by atoms with Gasteiger partial charge in [0.1, 0.15) is 11.9 Å². The van der Waals surface area contributed by atoms with Crippen molar-refractivity contribution < 1.29 is 9.90 Å². The second kappa shape index (κ2) is 5.02. The molecule has 3 aromatic rings. The van der Waals surface area contributed by atoms with Gasteiger partial charge in [0.15, 0.2) is 0 Å². The third kappa shape index (κ3) is 1.92. The lowest BCUT2D eigenvalue weighted by atomic mass is 10.0. The van der Waals surface area contributed by atoms with Crippen LogP contribution in [0, 0.1) is 0 Å². The standard InChI is InChI=1S/C20H19N3O2/c1-21-17-6-3-2-5-15(17)20(25)23-10-4-9-22-16-8-7-14(24)11-13(16)12-18(22)19(21)23/h2-3,5-8,11-12,19,24H,4,9-10H2,1H3. The van der Waals surface area contributed by atoms with E-state index in [0.29, 0.717) is 0 Å². The van der Waals surface area contributed by atoms with Gasteiger partial charge in [-0.15, -0.1) is 0 Å². The second-order valence-corrected chi connectivity index (χ2v) is 6.82. The Morgan fingerprint density at radius 2 is 1.92 bits per heavy atom. The maximum atomic E-state index is 13.1. The Morgan fingerprint density at radius 1 is 1.08 bits per heavy atom. The quantitative estimate of drug-likeness (QED) is 0.686. The highest BCUT2D eigenvalue weighted by molar-refractivity contribution is 6.02. The van der Waals surface area contributed by atoms with E-state index in [-0.39, 0.29) is 17.8 Å². The number of hydrogen-bond acceptors (Lipinski definition) is 3. The van der Waals surface area contributed by atoms with Crippen molar-refractivity contribution in [3.05, 3.63) is 59.8 Å². The molecule has 0 saturated heterocycles. The van der Waals surface area contributed by atoms with Gasteiger partial charge in [-0.1, -0.05) is 12.1 Å². The molecule has 1 unspecified atom stereocenters. The molecule has 2 aliphatic heterocycles. The highest BCUT2D eigenvalue weighted by Crippen LogP contribution is 2.41. The number of aryl methyl sites for hydroxylation is 1. The number of amides is 1. The molecule has 1 aromatic heterocycles. The van der Waals surface area contributed by atoms with E-state index in [1.807, 2.05) is 42.3 Å². The lowest BCUT2D eigenvalue weighted by Crippen LogP contribution is -2.47. The number of nitrogens with zero attached hydrogens (tertiary/aromatic N) is 3. The highest BCUT2D eigenvalue weighted by atomic mass is 16.3. The summed E-state index contributed by atoms with van der Waals surface area (Å²) < 4.78 is 2.29. The first-order valence-corrected chi connectivity index (χ1v) is 8.60. The van der Waals surface area contributed by atoms with Gasteiger partial charge in [-0.05, 0) is 42.8 Å². The molecule has 2 aliphatic rings. The number of benzene rings is 2. The molecule has 2 aromatic carbocycles. The lowest BCUT2D eigenvalue weighted by Gasteiger charge is -2.43. The number of para-hydroxylation sites is 1. The van der Waals surface area contributed by atoms with E-state index in [2.05, 4.69) is 15.5 Å². The van der Waals surface area contributed by atoms with E-state index in [4.69, 9.17) is 0 Å². The van der Waals surface area contributed by atoms with Crippen molar-refractivity contribution >= 4 is 22.5 Å². The number of aromatic nitrogens is 1. The van der Waals surface area contributed by atoms with Gasteiger partial charge < -0.3 is 19.5 Å². The summed E-state index contributed by atoms with van der Waals surface area (Å²) in [4.78, 5) is 17.2. The van der Waals surface area contributed by atoms with Gasteiger partial charge in [-0.25, -0.2) is 0 Å². The first kappa shape index (κ1) is 14.4. The van der Waals surface area contributed by atoms with Gasteiger partial charge >= 0.3 is 0 Å². The molecular weight excluding hydrogens is 314 g/mol. The number of carbonyl (C=O) groups excluding carboxylic acids is 1. The monoisotopic (exact) mass is 333 g/mol. The minimum absolute atomic E-state index is 0.0975. The summed E-state index contributed by atoms with van der Waals surface area (Å²) in [5.41, 5.74) is 3.94. The van der Waals surface area contributed by atoms with Gasteiger partial charge in [0.2, 0.25) is 0 Å². The Morgan fingerprint density at radius 3 is 2.80 bits per heavy atom. The van der Waals surface area contributed by atoms with Gasteiger partial charge in [-0.2, -0.15) is 0 Å². The molecule has 3 heterocycles. The number of aromatic hydroxyl groups is 1. The van der Waals surface area contributed by atoms with Gasteiger partial charge in [-0.3, -0.25) is 4.79 Å². The maximum absolute atomic E-state index is 13.1. The van der Waals surface area contributed by atoms with Gasteiger partial charge in [0.05, 0.1) is 16.9 Å². The van der Waals surface area contributed by atoms with Gasteiger partial charge in [0, 0.05) is 31.0 Å². The Hall–Kier alpha value is -2.95. The molecule has 126 valence electrons. The Kier molecular flexibility index (Phi) is 2.89. The number of fused-ring (bicyclic) bond motifs is 6. The molecule has 5 rings (SSSR count). The van der Waals surface area contributed by atoms with Crippen molar-refractivity contribution in [1.29, 1.82) is 0 Å². The molecule has 5 nitrogen and oxygen atoms in total. The average molecular weight is 333 g/mol. The minimum Gasteiger partial charge on any atom is -0.508 e. The summed E-state index contributed by atoms with van der Waals surface area (Å²) in [6.07, 6.45) is 0.787. The summed E-state index contributed by atoms with van der Waals surface area (Å²) in [7, 11) is 2.05. The van der Waals surface area contributed by atoms with Crippen molar-refractivity contribution in [2.24, 2.45) is 0 Å². The van der Waals surface area contributed by atoms with Crippen molar-refractivity contribution in [2.75, 3.05) is 18.5 Å². The van der Waals surface area contributed by atoms with Crippen molar-refractivity contribution in [3.63, 3.8) is 0 Å². The van der Waals surface area contributed by atoms with E-state index in [1.54, 1.807) is 12.1 Å². The summed E-state index contributed by atoms with van der Waals surface area (Å²) in [6.45, 7) is 1.61. The smallest absolute Gasteiger partial charge is 0.257 e. The summed E-state index contributed by atoms with van der Waals surface area (Å²) in [5, 5.41) is 10.8. The molecule has 1 amide bonds. The predicted molar refractivity (Wildman–Crippen MR) is 96.8 cm³/mol. The van der Waals surface area contributed by atoms with Crippen molar-refractivity contribution in [1.82, 2.24) is 9.47 Å². The van der Waals surface area contributed by atoms with Crippen LogP contribution in [0.5, 0.6) is 5.75 Å². The molecular formula is C20H19N3O2. The van der Waals surface area contributed by atoms with E-state index in [9.17, 15) is 9.90 Å². The number of rotatable bonds is 0. The van der Waals surface area contributed by atoms with E-state index < -0.39 is 0 Å². The third-order valence-electron chi connectivity index (χ3n) is 5.40. The van der Waals surface area contributed by atoms with Gasteiger partial charge in [0.25, 0.3) is 5.91 Å². The number of carbonyl (C=O) groups is 1. The first-order valence-electron chi connectivity index (χ1n) is 8.60. The molecule has 5 heteroatoms. The fraction of sp³-hybridized carbons (Fsp3) is 0.250. The Labute approximate surface area is 145 Å². The fourth-order valence-electron chi connectivity index (χ4n) is 4.29. The molecule has 0 fully saturated rings. The molecule has 25 heavy (non-hydrogen) atoms. The minimum atomic E-state index is -0.126. The topological polar surface area (TPSA) is 48.7 Å². The largest absolute Gasteiger partial charge is 0.508 e. The normalized spacial score (nSPS) is 19.4. The number of phenols is 1. The van der Waals surface area contributed by atoms with Crippen LogP contribution in [0.25, 0.3) is 10.9 Å². The molecule has 0 saturated carbocycles. The van der Waals surface area contributed by atoms with Crippen LogP contribution in [0.15, 0.2) is 48.5 Å². The zero-order chi connectivity index (χ0) is 17.1. The summed E-state index contributed by atoms with van der Waals surface area (Å²) in [6, 6.07) is 15.4. The molecule has 0 bridgehead atoms. The zero-order valence-electron chi connectivity index (χ0n) is 14.0.